The van der Waals surface area contributed by atoms with Gasteiger partial charge in [0.15, 0.2) is 0 Å². The molecule has 5 heteroatoms. The highest BCUT2D eigenvalue weighted by molar-refractivity contribution is 5.53. The third-order valence-corrected chi connectivity index (χ3v) is 2.90. The average molecular weight is 270 g/mol. The number of nitrogens with zero attached hydrogens (tertiary/aromatic N) is 1. The van der Waals surface area contributed by atoms with Crippen LogP contribution in [0.25, 0.3) is 0 Å². The van der Waals surface area contributed by atoms with Crippen LogP contribution in [0.1, 0.15) is 12.5 Å². The zero-order valence-electron chi connectivity index (χ0n) is 11.8. The quantitative estimate of drug-likeness (QED) is 0.749. The van der Waals surface area contributed by atoms with Crippen molar-refractivity contribution in [2.24, 2.45) is 0 Å². The lowest BCUT2D eigenvalue weighted by atomic mass is 10.1. The Morgan fingerprint density at radius 1 is 1.47 bits per heavy atom. The maximum atomic E-state index is 13.9. The molecular weight excluding hydrogens is 247 g/mol. The van der Waals surface area contributed by atoms with Crippen molar-refractivity contribution < 1.29 is 14.2 Å². The van der Waals surface area contributed by atoms with Gasteiger partial charge in [-0.05, 0) is 18.7 Å². The van der Waals surface area contributed by atoms with Crippen LogP contribution < -0.4 is 10.2 Å². The largest absolute Gasteiger partial charge is 0.389 e. The number of aliphatic hydroxyl groups excluding tert-OH is 1. The summed E-state index contributed by atoms with van der Waals surface area (Å²) in [6.07, 6.45) is -0.592. The predicted molar refractivity (Wildman–Crippen MR) is 74.9 cm³/mol. The summed E-state index contributed by atoms with van der Waals surface area (Å²) < 4.78 is 18.8. The van der Waals surface area contributed by atoms with Gasteiger partial charge in [0.1, 0.15) is 5.82 Å². The molecule has 0 aromatic heterocycles. The maximum Gasteiger partial charge on any atom is 0.129 e. The molecule has 0 bridgehead atoms. The summed E-state index contributed by atoms with van der Waals surface area (Å²) in [5.41, 5.74) is 1.41. The molecule has 108 valence electrons. The van der Waals surface area contributed by atoms with E-state index in [1.165, 1.54) is 6.07 Å². The minimum atomic E-state index is -0.592. The Morgan fingerprint density at radius 2 is 2.21 bits per heavy atom. The molecule has 0 aliphatic rings. The van der Waals surface area contributed by atoms with E-state index in [1.54, 1.807) is 13.2 Å². The van der Waals surface area contributed by atoms with E-state index in [0.717, 1.165) is 12.2 Å². The van der Waals surface area contributed by atoms with Crippen molar-refractivity contribution in [1.29, 1.82) is 0 Å². The van der Waals surface area contributed by atoms with Crippen LogP contribution in [0.3, 0.4) is 0 Å². The minimum Gasteiger partial charge on any atom is -0.389 e. The number of methoxy groups -OCH3 is 1. The van der Waals surface area contributed by atoms with Crippen molar-refractivity contribution in [3.63, 3.8) is 0 Å². The number of hydrogen-bond donors (Lipinski definition) is 2. The number of benzene rings is 1. The molecule has 2 N–H and O–H groups in total. The maximum absolute atomic E-state index is 13.9. The predicted octanol–water partition coefficient (Wildman–Crippen LogP) is 1.38. The fraction of sp³-hybridized carbons (Fsp3) is 0.571. The summed E-state index contributed by atoms with van der Waals surface area (Å²) in [4.78, 5) is 1.85. The fourth-order valence-corrected chi connectivity index (χ4v) is 1.99. The van der Waals surface area contributed by atoms with Crippen molar-refractivity contribution in [3.05, 3.63) is 29.6 Å². The molecule has 0 aliphatic heterocycles. The van der Waals surface area contributed by atoms with Gasteiger partial charge in [0.25, 0.3) is 0 Å². The van der Waals surface area contributed by atoms with E-state index < -0.39 is 6.10 Å². The van der Waals surface area contributed by atoms with Crippen molar-refractivity contribution in [1.82, 2.24) is 5.32 Å². The van der Waals surface area contributed by atoms with Crippen LogP contribution in [0.4, 0.5) is 10.1 Å². The molecule has 0 radical (unpaired) electrons. The van der Waals surface area contributed by atoms with E-state index in [4.69, 9.17) is 4.74 Å². The molecule has 0 saturated carbocycles. The lowest BCUT2D eigenvalue weighted by Gasteiger charge is -2.25. The fourth-order valence-electron chi connectivity index (χ4n) is 1.99. The summed E-state index contributed by atoms with van der Waals surface area (Å²) in [6.45, 7) is 3.90. The zero-order valence-corrected chi connectivity index (χ0v) is 11.8. The highest BCUT2D eigenvalue weighted by Crippen LogP contribution is 2.22. The van der Waals surface area contributed by atoms with Gasteiger partial charge >= 0.3 is 0 Å². The number of rotatable bonds is 8. The summed E-state index contributed by atoms with van der Waals surface area (Å²) in [5.74, 6) is -0.230. The molecule has 1 aromatic carbocycles. The molecule has 0 fully saturated rings. The number of aliphatic hydroxyl groups is 1. The first-order chi connectivity index (χ1) is 9.10. The minimum absolute atomic E-state index is 0.230. The molecular formula is C14H23FN2O2. The number of likely N-dealkylation sites (N-methyl/N-ethyl adjacent to an activating group) is 1. The first-order valence-corrected chi connectivity index (χ1v) is 6.46. The molecule has 0 aliphatic carbocycles. The highest BCUT2D eigenvalue weighted by atomic mass is 19.1. The number of anilines is 1. The van der Waals surface area contributed by atoms with Gasteiger partial charge in [-0.2, -0.15) is 0 Å². The summed E-state index contributed by atoms with van der Waals surface area (Å²) in [5, 5.41) is 12.9. The second-order valence-corrected chi connectivity index (χ2v) is 4.51. The summed E-state index contributed by atoms with van der Waals surface area (Å²) in [6, 6.07) is 4.99. The van der Waals surface area contributed by atoms with Crippen molar-refractivity contribution >= 4 is 5.69 Å². The molecule has 0 saturated heterocycles. The lowest BCUT2D eigenvalue weighted by molar-refractivity contribution is 0.0695. The van der Waals surface area contributed by atoms with E-state index in [1.807, 2.05) is 24.9 Å². The second-order valence-electron chi connectivity index (χ2n) is 4.51. The Balaban J connectivity index is 2.82. The molecule has 19 heavy (non-hydrogen) atoms. The molecule has 1 rings (SSSR count). The van der Waals surface area contributed by atoms with Gasteiger partial charge in [-0.3, -0.25) is 0 Å². The standard InChI is InChI=1S/C14H23FN2O2/c1-4-16-8-12-13(15)6-5-7-14(12)17(2)9-11(18)10-19-3/h5-7,11,16,18H,4,8-10H2,1-3H3. The van der Waals surface area contributed by atoms with Gasteiger partial charge in [0, 0.05) is 38.5 Å². The van der Waals surface area contributed by atoms with E-state index >= 15 is 0 Å². The van der Waals surface area contributed by atoms with Gasteiger partial charge in [-0.25, -0.2) is 4.39 Å². The topological polar surface area (TPSA) is 44.7 Å². The van der Waals surface area contributed by atoms with E-state index in [-0.39, 0.29) is 12.4 Å². The van der Waals surface area contributed by atoms with Crippen LogP contribution in [0.15, 0.2) is 18.2 Å². The third-order valence-electron chi connectivity index (χ3n) is 2.90. The molecule has 0 amide bonds. The molecule has 1 atom stereocenters. The van der Waals surface area contributed by atoms with Gasteiger partial charge in [-0.15, -0.1) is 0 Å². The van der Waals surface area contributed by atoms with Crippen molar-refractivity contribution in [2.45, 2.75) is 19.6 Å². The Kier molecular flexibility index (Phi) is 6.77. The molecule has 1 unspecified atom stereocenters. The van der Waals surface area contributed by atoms with Gasteiger partial charge in [0.05, 0.1) is 12.7 Å². The average Bonchev–Trinajstić information content (AvgIpc) is 2.37. The first kappa shape index (κ1) is 15.9. The van der Waals surface area contributed by atoms with Crippen molar-refractivity contribution in [2.75, 3.05) is 38.8 Å². The molecule has 0 heterocycles. The third kappa shape index (κ3) is 4.78. The van der Waals surface area contributed by atoms with E-state index in [0.29, 0.717) is 18.7 Å². The monoisotopic (exact) mass is 270 g/mol. The first-order valence-electron chi connectivity index (χ1n) is 6.46. The van der Waals surface area contributed by atoms with Crippen LogP contribution in [0, 0.1) is 5.82 Å². The Labute approximate surface area is 114 Å². The van der Waals surface area contributed by atoms with Gasteiger partial charge in [0.2, 0.25) is 0 Å². The number of hydrogen-bond acceptors (Lipinski definition) is 4. The normalized spacial score (nSPS) is 12.5. The summed E-state index contributed by atoms with van der Waals surface area (Å²) >= 11 is 0. The lowest BCUT2D eigenvalue weighted by Crippen LogP contribution is -2.33. The van der Waals surface area contributed by atoms with Gasteiger partial charge < -0.3 is 20.1 Å². The van der Waals surface area contributed by atoms with Crippen LogP contribution >= 0.6 is 0 Å². The van der Waals surface area contributed by atoms with Crippen molar-refractivity contribution in [3.8, 4) is 0 Å². The number of ether oxygens (including phenoxy) is 1. The smallest absolute Gasteiger partial charge is 0.129 e. The highest BCUT2D eigenvalue weighted by Gasteiger charge is 2.14. The van der Waals surface area contributed by atoms with Gasteiger partial charge in [-0.1, -0.05) is 13.0 Å². The van der Waals surface area contributed by atoms with Crippen LogP contribution in [0.2, 0.25) is 0 Å². The Bertz CT molecular complexity index is 388. The summed E-state index contributed by atoms with van der Waals surface area (Å²) in [7, 11) is 3.38. The van der Waals surface area contributed by atoms with Crippen LogP contribution in [-0.4, -0.2) is 45.1 Å². The molecule has 0 spiro atoms. The number of halogens is 1. The van der Waals surface area contributed by atoms with Crippen LogP contribution in [-0.2, 0) is 11.3 Å². The van der Waals surface area contributed by atoms with E-state index in [2.05, 4.69) is 5.32 Å². The number of nitrogens with one attached hydrogen (secondary N) is 1. The molecule has 4 nitrogen and oxygen atoms in total. The SMILES string of the molecule is CCNCc1c(F)cccc1N(C)CC(O)COC. The Hall–Kier alpha value is -1.17. The zero-order chi connectivity index (χ0) is 14.3. The second kappa shape index (κ2) is 8.09. The van der Waals surface area contributed by atoms with E-state index in [9.17, 15) is 9.50 Å². The Morgan fingerprint density at radius 3 is 2.84 bits per heavy atom. The van der Waals surface area contributed by atoms with Crippen LogP contribution in [0.5, 0.6) is 0 Å². The molecule has 1 aromatic rings.